The molecular formula is C18H13N3. The van der Waals surface area contributed by atoms with Crippen LogP contribution in [0.2, 0.25) is 0 Å². The molecule has 0 atom stereocenters. The third-order valence-corrected chi connectivity index (χ3v) is 3.57. The Morgan fingerprint density at radius 1 is 0.857 bits per heavy atom. The molecule has 0 radical (unpaired) electrons. The Hall–Kier alpha value is -2.94. The van der Waals surface area contributed by atoms with Gasteiger partial charge in [0.25, 0.3) is 0 Å². The van der Waals surface area contributed by atoms with Crippen molar-refractivity contribution in [3.63, 3.8) is 0 Å². The van der Waals surface area contributed by atoms with E-state index in [2.05, 4.69) is 40.6 Å². The molecule has 0 saturated heterocycles. The van der Waals surface area contributed by atoms with E-state index in [9.17, 15) is 0 Å². The fourth-order valence-corrected chi connectivity index (χ4v) is 2.53. The summed E-state index contributed by atoms with van der Waals surface area (Å²) in [5.74, 6) is 0. The van der Waals surface area contributed by atoms with Crippen LogP contribution in [-0.4, -0.2) is 4.98 Å². The van der Waals surface area contributed by atoms with E-state index in [-0.39, 0.29) is 0 Å². The van der Waals surface area contributed by atoms with Crippen molar-refractivity contribution >= 4 is 17.6 Å². The molecule has 4 rings (SSSR count). The van der Waals surface area contributed by atoms with Crippen molar-refractivity contribution in [3.8, 4) is 11.1 Å². The van der Waals surface area contributed by atoms with E-state index >= 15 is 0 Å². The summed E-state index contributed by atoms with van der Waals surface area (Å²) in [7, 11) is 0. The highest BCUT2D eigenvalue weighted by atomic mass is 14.9. The lowest BCUT2D eigenvalue weighted by atomic mass is 10.0. The lowest BCUT2D eigenvalue weighted by Crippen LogP contribution is -2.26. The number of pyridine rings is 1. The molecule has 0 spiro atoms. The zero-order chi connectivity index (χ0) is 14.1. The number of aromatic nitrogens is 1. The van der Waals surface area contributed by atoms with Gasteiger partial charge < -0.3 is 5.32 Å². The van der Waals surface area contributed by atoms with Crippen LogP contribution in [0.15, 0.2) is 72.0 Å². The molecule has 2 aromatic carbocycles. The van der Waals surface area contributed by atoms with Crippen LogP contribution in [0.3, 0.4) is 0 Å². The maximum absolute atomic E-state index is 4.85. The van der Waals surface area contributed by atoms with Crippen molar-refractivity contribution in [1.29, 1.82) is 0 Å². The second kappa shape index (κ2) is 4.87. The van der Waals surface area contributed by atoms with Gasteiger partial charge in [0.05, 0.1) is 22.9 Å². The van der Waals surface area contributed by atoms with Crippen LogP contribution in [0.5, 0.6) is 0 Å². The lowest BCUT2D eigenvalue weighted by Gasteiger charge is -2.03. The number of nitrogens with zero attached hydrogens (tertiary/aromatic N) is 2. The predicted molar refractivity (Wildman–Crippen MR) is 84.6 cm³/mol. The van der Waals surface area contributed by atoms with E-state index in [0.29, 0.717) is 0 Å². The molecule has 0 bridgehead atoms. The Kier molecular flexibility index (Phi) is 2.75. The van der Waals surface area contributed by atoms with Gasteiger partial charge in [0, 0.05) is 23.2 Å². The lowest BCUT2D eigenvalue weighted by molar-refractivity contribution is 1.28. The first kappa shape index (κ1) is 11.9. The molecular weight excluding hydrogens is 258 g/mol. The van der Waals surface area contributed by atoms with Gasteiger partial charge in [-0.25, -0.2) is 4.99 Å². The molecule has 100 valence electrons. The number of hydrogen-bond acceptors (Lipinski definition) is 3. The fourth-order valence-electron chi connectivity index (χ4n) is 2.53. The Labute approximate surface area is 122 Å². The molecule has 1 aliphatic heterocycles. The van der Waals surface area contributed by atoms with Gasteiger partial charge in [0.15, 0.2) is 0 Å². The summed E-state index contributed by atoms with van der Waals surface area (Å²) in [5.41, 5.74) is 4.14. The summed E-state index contributed by atoms with van der Waals surface area (Å²) >= 11 is 0. The maximum atomic E-state index is 4.85. The first-order valence-electron chi connectivity index (χ1n) is 6.86. The van der Waals surface area contributed by atoms with Crippen LogP contribution in [0.25, 0.3) is 17.3 Å². The van der Waals surface area contributed by atoms with E-state index in [1.54, 1.807) is 12.4 Å². The van der Waals surface area contributed by atoms with Crippen molar-refractivity contribution in [2.24, 2.45) is 4.99 Å². The highest BCUT2D eigenvalue weighted by molar-refractivity contribution is 5.72. The molecule has 3 aromatic rings. The first-order chi connectivity index (χ1) is 10.4. The van der Waals surface area contributed by atoms with Gasteiger partial charge in [-0.05, 0) is 11.6 Å². The minimum absolute atomic E-state index is 0.906. The van der Waals surface area contributed by atoms with Crippen LogP contribution in [0.1, 0.15) is 0 Å². The highest BCUT2D eigenvalue weighted by Crippen LogP contribution is 2.24. The number of hydrogen-bond donors (Lipinski definition) is 1. The first-order valence-corrected chi connectivity index (χ1v) is 6.86. The van der Waals surface area contributed by atoms with Crippen LogP contribution in [0.4, 0.5) is 11.4 Å². The zero-order valence-electron chi connectivity index (χ0n) is 11.3. The second-order valence-electron chi connectivity index (χ2n) is 4.90. The summed E-state index contributed by atoms with van der Waals surface area (Å²) in [4.78, 5) is 8.99. The number of rotatable bonds is 1. The van der Waals surface area contributed by atoms with Gasteiger partial charge in [0.2, 0.25) is 0 Å². The SMILES string of the molecule is C1=c2cccc(-c3ccccc3)c2=Nc2ccncc2N1. The van der Waals surface area contributed by atoms with Gasteiger partial charge in [0.1, 0.15) is 0 Å². The minimum Gasteiger partial charge on any atom is -0.358 e. The smallest absolute Gasteiger partial charge is 0.0903 e. The highest BCUT2D eigenvalue weighted by Gasteiger charge is 2.07. The number of nitrogens with one attached hydrogen (secondary N) is 1. The summed E-state index contributed by atoms with van der Waals surface area (Å²) in [5, 5.41) is 5.34. The molecule has 0 unspecified atom stereocenters. The molecule has 1 aliphatic rings. The van der Waals surface area contributed by atoms with Gasteiger partial charge in [-0.1, -0.05) is 48.5 Å². The Morgan fingerprint density at radius 2 is 1.76 bits per heavy atom. The van der Waals surface area contributed by atoms with Crippen molar-refractivity contribution in [2.75, 3.05) is 5.32 Å². The van der Waals surface area contributed by atoms with Crippen molar-refractivity contribution in [3.05, 3.63) is 77.6 Å². The molecule has 0 amide bonds. The van der Waals surface area contributed by atoms with Crippen molar-refractivity contribution in [1.82, 2.24) is 4.98 Å². The third-order valence-electron chi connectivity index (χ3n) is 3.57. The molecule has 2 heterocycles. The van der Waals surface area contributed by atoms with Gasteiger partial charge in [-0.2, -0.15) is 0 Å². The molecule has 0 saturated carbocycles. The Bertz CT molecular complexity index is 915. The van der Waals surface area contributed by atoms with E-state index in [1.807, 2.05) is 30.5 Å². The molecule has 3 heteroatoms. The van der Waals surface area contributed by atoms with E-state index in [4.69, 9.17) is 4.99 Å². The summed E-state index contributed by atoms with van der Waals surface area (Å²) in [6.07, 6.45) is 5.54. The predicted octanol–water partition coefficient (Wildman–Crippen LogP) is 2.86. The average Bonchev–Trinajstić information content (AvgIpc) is 2.74. The van der Waals surface area contributed by atoms with E-state index < -0.39 is 0 Å². The maximum Gasteiger partial charge on any atom is 0.0903 e. The molecule has 0 fully saturated rings. The van der Waals surface area contributed by atoms with Crippen molar-refractivity contribution in [2.45, 2.75) is 0 Å². The van der Waals surface area contributed by atoms with Crippen LogP contribution in [-0.2, 0) is 0 Å². The Morgan fingerprint density at radius 3 is 2.67 bits per heavy atom. The molecule has 3 nitrogen and oxygen atoms in total. The van der Waals surface area contributed by atoms with Gasteiger partial charge >= 0.3 is 0 Å². The molecule has 0 aliphatic carbocycles. The molecule has 21 heavy (non-hydrogen) atoms. The normalized spacial score (nSPS) is 12.0. The van der Waals surface area contributed by atoms with Crippen LogP contribution < -0.4 is 15.9 Å². The fraction of sp³-hybridized carbons (Fsp3) is 0. The van der Waals surface area contributed by atoms with E-state index in [0.717, 1.165) is 27.5 Å². The minimum atomic E-state index is 0.906. The molecule has 1 aromatic heterocycles. The van der Waals surface area contributed by atoms with E-state index in [1.165, 1.54) is 5.56 Å². The van der Waals surface area contributed by atoms with Crippen molar-refractivity contribution < 1.29 is 0 Å². The van der Waals surface area contributed by atoms with Crippen LogP contribution in [0, 0.1) is 0 Å². The number of anilines is 1. The van der Waals surface area contributed by atoms with Crippen LogP contribution >= 0.6 is 0 Å². The number of fused-ring (bicyclic) bond motifs is 2. The largest absolute Gasteiger partial charge is 0.358 e. The summed E-state index contributed by atoms with van der Waals surface area (Å²) in [6.45, 7) is 0. The summed E-state index contributed by atoms with van der Waals surface area (Å²) < 4.78 is 0. The second-order valence-corrected chi connectivity index (χ2v) is 4.90. The standard InChI is InChI=1S/C18H13N3/c1-2-5-13(6-3-1)15-8-4-7-14-11-20-17-12-19-10-9-16(17)21-18(14)15/h1-12,20H. The summed E-state index contributed by atoms with van der Waals surface area (Å²) in [6, 6.07) is 18.5. The number of benzene rings is 2. The Balaban J connectivity index is 2.06. The topological polar surface area (TPSA) is 37.3 Å². The quantitative estimate of drug-likeness (QED) is 0.739. The zero-order valence-corrected chi connectivity index (χ0v) is 11.3. The number of para-hydroxylation sites is 1. The van der Waals surface area contributed by atoms with Gasteiger partial charge in [-0.15, -0.1) is 0 Å². The van der Waals surface area contributed by atoms with Gasteiger partial charge in [-0.3, -0.25) is 4.98 Å². The average molecular weight is 271 g/mol. The molecule has 1 N–H and O–H groups in total. The monoisotopic (exact) mass is 271 g/mol. The third kappa shape index (κ3) is 2.09.